The van der Waals surface area contributed by atoms with Gasteiger partial charge in [0.2, 0.25) is 0 Å². The summed E-state index contributed by atoms with van der Waals surface area (Å²) in [6.45, 7) is 0.917. The SMILES string of the molecule is O=C(O)C1=C[C@]2(CCNc3ccccc3C2)CC1. The van der Waals surface area contributed by atoms with Gasteiger partial charge in [-0.25, -0.2) is 4.79 Å². The van der Waals surface area contributed by atoms with Crippen LogP contribution in [0.2, 0.25) is 0 Å². The standard InChI is InChI=1S/C15H17NO2/c17-14(18)12-5-6-15(10-12)7-8-16-13-4-2-1-3-11(13)9-15/h1-4,10,16H,5-9H2,(H,17,18)/t15-/m0/s1. The molecule has 3 nitrogen and oxygen atoms in total. The quantitative estimate of drug-likeness (QED) is 0.797. The Bertz CT molecular complexity index is 521. The van der Waals surface area contributed by atoms with Crippen molar-refractivity contribution in [1.29, 1.82) is 0 Å². The third kappa shape index (κ3) is 1.90. The largest absolute Gasteiger partial charge is 0.478 e. The Morgan fingerprint density at radius 1 is 1.28 bits per heavy atom. The van der Waals surface area contributed by atoms with Crippen molar-refractivity contribution >= 4 is 11.7 Å². The normalized spacial score (nSPS) is 26.1. The van der Waals surface area contributed by atoms with Crippen LogP contribution in [0.1, 0.15) is 24.8 Å². The molecule has 0 amide bonds. The fourth-order valence-electron chi connectivity index (χ4n) is 3.16. The summed E-state index contributed by atoms with van der Waals surface area (Å²) in [7, 11) is 0. The topological polar surface area (TPSA) is 49.3 Å². The van der Waals surface area contributed by atoms with Gasteiger partial charge in [0.25, 0.3) is 0 Å². The Morgan fingerprint density at radius 3 is 2.89 bits per heavy atom. The van der Waals surface area contributed by atoms with Gasteiger partial charge in [-0.05, 0) is 42.7 Å². The molecule has 1 aliphatic heterocycles. The second-order valence-electron chi connectivity index (χ2n) is 5.35. The highest BCUT2D eigenvalue weighted by atomic mass is 16.4. The van der Waals surface area contributed by atoms with Crippen molar-refractivity contribution in [2.75, 3.05) is 11.9 Å². The van der Waals surface area contributed by atoms with Gasteiger partial charge in [-0.15, -0.1) is 0 Å². The molecule has 0 unspecified atom stereocenters. The summed E-state index contributed by atoms with van der Waals surface area (Å²) in [5.74, 6) is -0.752. The summed E-state index contributed by atoms with van der Waals surface area (Å²) >= 11 is 0. The van der Waals surface area contributed by atoms with E-state index in [-0.39, 0.29) is 5.41 Å². The molecule has 0 saturated heterocycles. The summed E-state index contributed by atoms with van der Waals surface area (Å²) in [6, 6.07) is 8.33. The summed E-state index contributed by atoms with van der Waals surface area (Å²) in [5, 5.41) is 12.6. The summed E-state index contributed by atoms with van der Waals surface area (Å²) in [4.78, 5) is 11.1. The van der Waals surface area contributed by atoms with Crippen molar-refractivity contribution in [2.45, 2.75) is 25.7 Å². The van der Waals surface area contributed by atoms with Crippen molar-refractivity contribution in [1.82, 2.24) is 0 Å². The molecular formula is C15H17NO2. The van der Waals surface area contributed by atoms with E-state index in [0.717, 1.165) is 25.8 Å². The molecule has 1 atom stereocenters. The maximum Gasteiger partial charge on any atom is 0.331 e. The molecule has 1 heterocycles. The second kappa shape index (κ2) is 4.16. The van der Waals surface area contributed by atoms with Gasteiger partial charge in [-0.2, -0.15) is 0 Å². The minimum atomic E-state index is -0.752. The van der Waals surface area contributed by atoms with Crippen molar-refractivity contribution in [3.63, 3.8) is 0 Å². The zero-order chi connectivity index (χ0) is 12.6. The van der Waals surface area contributed by atoms with Gasteiger partial charge in [0.05, 0.1) is 0 Å². The number of aliphatic carboxylic acids is 1. The third-order valence-corrected chi connectivity index (χ3v) is 4.15. The Morgan fingerprint density at radius 2 is 2.11 bits per heavy atom. The van der Waals surface area contributed by atoms with Gasteiger partial charge in [-0.1, -0.05) is 24.3 Å². The summed E-state index contributed by atoms with van der Waals surface area (Å²) in [6.07, 6.45) is 5.65. The molecule has 0 aromatic heterocycles. The first-order chi connectivity index (χ1) is 8.69. The summed E-state index contributed by atoms with van der Waals surface area (Å²) in [5.41, 5.74) is 3.15. The van der Waals surface area contributed by atoms with E-state index in [0.29, 0.717) is 12.0 Å². The molecule has 2 aliphatic rings. The molecule has 1 spiro atoms. The van der Waals surface area contributed by atoms with Crippen LogP contribution in [-0.4, -0.2) is 17.6 Å². The molecule has 1 aromatic rings. The molecule has 0 bridgehead atoms. The number of allylic oxidation sites excluding steroid dienone is 1. The van der Waals surface area contributed by atoms with Gasteiger partial charge >= 0.3 is 5.97 Å². The number of hydrogen-bond donors (Lipinski definition) is 2. The monoisotopic (exact) mass is 243 g/mol. The average Bonchev–Trinajstić information content (AvgIpc) is 2.67. The average molecular weight is 243 g/mol. The van der Waals surface area contributed by atoms with Crippen LogP contribution in [-0.2, 0) is 11.2 Å². The summed E-state index contributed by atoms with van der Waals surface area (Å²) < 4.78 is 0. The highest BCUT2D eigenvalue weighted by molar-refractivity contribution is 5.87. The smallest absolute Gasteiger partial charge is 0.331 e. The number of fused-ring (bicyclic) bond motifs is 1. The van der Waals surface area contributed by atoms with E-state index in [4.69, 9.17) is 5.11 Å². The molecular weight excluding hydrogens is 226 g/mol. The van der Waals surface area contributed by atoms with Gasteiger partial charge in [-0.3, -0.25) is 0 Å². The highest BCUT2D eigenvalue weighted by Crippen LogP contribution is 2.44. The molecule has 1 aliphatic carbocycles. The first kappa shape index (κ1) is 11.3. The zero-order valence-electron chi connectivity index (χ0n) is 10.3. The molecule has 1 aromatic carbocycles. The highest BCUT2D eigenvalue weighted by Gasteiger charge is 2.36. The second-order valence-corrected chi connectivity index (χ2v) is 5.35. The number of carboxylic acid groups (broad SMARTS) is 1. The molecule has 94 valence electrons. The van der Waals surface area contributed by atoms with Crippen molar-refractivity contribution in [3.8, 4) is 0 Å². The van der Waals surface area contributed by atoms with Crippen LogP contribution in [0.5, 0.6) is 0 Å². The Hall–Kier alpha value is -1.77. The maximum absolute atomic E-state index is 11.1. The van der Waals surface area contributed by atoms with E-state index in [9.17, 15) is 4.79 Å². The fraction of sp³-hybridized carbons (Fsp3) is 0.400. The number of carbonyl (C=O) groups is 1. The molecule has 3 rings (SSSR count). The predicted molar refractivity (Wildman–Crippen MR) is 70.6 cm³/mol. The first-order valence-electron chi connectivity index (χ1n) is 6.45. The van der Waals surface area contributed by atoms with Gasteiger partial charge < -0.3 is 10.4 Å². The third-order valence-electron chi connectivity index (χ3n) is 4.15. The lowest BCUT2D eigenvalue weighted by molar-refractivity contribution is -0.132. The maximum atomic E-state index is 11.1. The lowest BCUT2D eigenvalue weighted by atomic mass is 9.79. The lowest BCUT2D eigenvalue weighted by Crippen LogP contribution is -2.19. The number of nitrogens with one attached hydrogen (secondary N) is 1. The van der Waals surface area contributed by atoms with E-state index < -0.39 is 5.97 Å². The van der Waals surface area contributed by atoms with Crippen LogP contribution in [0.25, 0.3) is 0 Å². The molecule has 0 saturated carbocycles. The van der Waals surface area contributed by atoms with E-state index in [1.54, 1.807) is 0 Å². The molecule has 2 N–H and O–H groups in total. The number of anilines is 1. The van der Waals surface area contributed by atoms with Crippen molar-refractivity contribution in [3.05, 3.63) is 41.5 Å². The predicted octanol–water partition coefficient (Wildman–Crippen LogP) is 2.84. The minimum Gasteiger partial charge on any atom is -0.478 e. The molecule has 18 heavy (non-hydrogen) atoms. The van der Waals surface area contributed by atoms with E-state index in [1.165, 1.54) is 11.3 Å². The van der Waals surface area contributed by atoms with Crippen LogP contribution < -0.4 is 5.32 Å². The number of hydrogen-bond acceptors (Lipinski definition) is 2. The lowest BCUT2D eigenvalue weighted by Gasteiger charge is -2.25. The van der Waals surface area contributed by atoms with E-state index in [2.05, 4.69) is 23.5 Å². The molecule has 0 radical (unpaired) electrons. The van der Waals surface area contributed by atoms with Crippen LogP contribution >= 0.6 is 0 Å². The number of para-hydroxylation sites is 1. The van der Waals surface area contributed by atoms with Gasteiger partial charge in [0.1, 0.15) is 0 Å². The van der Waals surface area contributed by atoms with Gasteiger partial charge in [0, 0.05) is 17.8 Å². The Labute approximate surface area is 107 Å². The van der Waals surface area contributed by atoms with E-state index >= 15 is 0 Å². The minimum absolute atomic E-state index is 0.0489. The Balaban J connectivity index is 1.94. The van der Waals surface area contributed by atoms with E-state index in [1.807, 2.05) is 12.1 Å². The van der Waals surface area contributed by atoms with Crippen LogP contribution in [0, 0.1) is 5.41 Å². The van der Waals surface area contributed by atoms with Crippen LogP contribution in [0.4, 0.5) is 5.69 Å². The molecule has 0 fully saturated rings. The number of carboxylic acids is 1. The van der Waals surface area contributed by atoms with Gasteiger partial charge in [0.15, 0.2) is 0 Å². The molecule has 3 heteroatoms. The van der Waals surface area contributed by atoms with Crippen LogP contribution in [0.15, 0.2) is 35.9 Å². The Kier molecular flexibility index (Phi) is 2.62. The zero-order valence-corrected chi connectivity index (χ0v) is 10.3. The first-order valence-corrected chi connectivity index (χ1v) is 6.45. The number of benzene rings is 1. The van der Waals surface area contributed by atoms with Crippen LogP contribution in [0.3, 0.4) is 0 Å². The number of rotatable bonds is 1. The van der Waals surface area contributed by atoms with Crippen molar-refractivity contribution in [2.24, 2.45) is 5.41 Å². The fourth-order valence-corrected chi connectivity index (χ4v) is 3.16. The van der Waals surface area contributed by atoms with Crippen molar-refractivity contribution < 1.29 is 9.90 Å².